The molecule has 4 aliphatic rings. The molecule has 0 aliphatic heterocycles. The van der Waals surface area contributed by atoms with Gasteiger partial charge >= 0.3 is 0 Å². The van der Waals surface area contributed by atoms with Crippen molar-refractivity contribution in [3.8, 4) is 0 Å². The van der Waals surface area contributed by atoms with Crippen LogP contribution in [0, 0.1) is 46.3 Å². The van der Waals surface area contributed by atoms with E-state index in [4.69, 9.17) is 5.73 Å². The second kappa shape index (κ2) is 10.8. The molecule has 0 aromatic carbocycles. The molecule has 0 amide bonds. The number of aliphatic hydroxyl groups is 1. The summed E-state index contributed by atoms with van der Waals surface area (Å²) in [6.07, 6.45) is 14.0. The van der Waals surface area contributed by atoms with E-state index < -0.39 is 0 Å². The Morgan fingerprint density at radius 2 is 1.61 bits per heavy atom. The average molecular weight is 462 g/mol. The lowest BCUT2D eigenvalue weighted by atomic mass is 9.43. The predicted molar refractivity (Wildman–Crippen MR) is 139 cm³/mol. The van der Waals surface area contributed by atoms with E-state index in [1.54, 1.807) is 0 Å². The second-order valence-corrected chi connectivity index (χ2v) is 13.3. The Hall–Kier alpha value is -0.160. The summed E-state index contributed by atoms with van der Waals surface area (Å²) in [5, 5.41) is 19.0. The molecule has 4 aliphatic carbocycles. The maximum Gasteiger partial charge on any atom is 0.0577 e. The van der Waals surface area contributed by atoms with Crippen molar-refractivity contribution in [1.82, 2.24) is 10.6 Å². The van der Waals surface area contributed by atoms with Crippen LogP contribution in [0.4, 0.5) is 0 Å². The zero-order valence-corrected chi connectivity index (χ0v) is 22.2. The Morgan fingerprint density at radius 3 is 2.36 bits per heavy atom. The third-order valence-corrected chi connectivity index (χ3v) is 11.3. The Morgan fingerprint density at radius 1 is 0.879 bits per heavy atom. The number of fused-ring (bicyclic) bond motifs is 5. The summed E-state index contributed by atoms with van der Waals surface area (Å²) in [7, 11) is 0. The Kier molecular flexibility index (Phi) is 8.52. The van der Waals surface area contributed by atoms with Gasteiger partial charge in [0.15, 0.2) is 0 Å². The number of aliphatic hydroxyl groups excluding tert-OH is 1. The lowest BCUT2D eigenvalue weighted by Gasteiger charge is -2.62. The first kappa shape index (κ1) is 25.9. The lowest BCUT2D eigenvalue weighted by Crippen LogP contribution is -2.59. The van der Waals surface area contributed by atoms with E-state index in [0.717, 1.165) is 62.7 Å². The van der Waals surface area contributed by atoms with Crippen LogP contribution < -0.4 is 16.4 Å². The molecule has 33 heavy (non-hydrogen) atoms. The van der Waals surface area contributed by atoms with Gasteiger partial charge in [-0.25, -0.2) is 0 Å². The molecule has 0 aromatic rings. The van der Waals surface area contributed by atoms with E-state index in [9.17, 15) is 5.11 Å². The van der Waals surface area contributed by atoms with Crippen LogP contribution in [0.2, 0.25) is 0 Å². The molecule has 0 bridgehead atoms. The fraction of sp³-hybridized carbons (Fsp3) is 1.00. The van der Waals surface area contributed by atoms with Crippen LogP contribution in [0.1, 0.15) is 98.3 Å². The van der Waals surface area contributed by atoms with E-state index in [0.29, 0.717) is 28.7 Å². The van der Waals surface area contributed by atoms with Gasteiger partial charge in [0.25, 0.3) is 0 Å². The van der Waals surface area contributed by atoms with Gasteiger partial charge < -0.3 is 21.5 Å². The fourth-order valence-corrected chi connectivity index (χ4v) is 9.58. The van der Waals surface area contributed by atoms with Gasteiger partial charge in [-0.2, -0.15) is 0 Å². The molecule has 9 atom stereocenters. The highest BCUT2D eigenvalue weighted by Crippen LogP contribution is 2.68. The van der Waals surface area contributed by atoms with E-state index in [1.165, 1.54) is 57.8 Å². The molecule has 4 fully saturated rings. The second-order valence-electron chi connectivity index (χ2n) is 13.3. The van der Waals surface area contributed by atoms with Gasteiger partial charge in [0.05, 0.1) is 6.10 Å². The van der Waals surface area contributed by atoms with Crippen molar-refractivity contribution < 1.29 is 5.11 Å². The van der Waals surface area contributed by atoms with E-state index in [-0.39, 0.29) is 6.10 Å². The van der Waals surface area contributed by atoms with Crippen molar-refractivity contribution >= 4 is 0 Å². The summed E-state index contributed by atoms with van der Waals surface area (Å²) in [5.74, 6) is 4.39. The minimum absolute atomic E-state index is 0.0694. The molecule has 4 saturated carbocycles. The first-order valence-electron chi connectivity index (χ1n) is 14.6. The SMILES string of the molecule is CC(C)C1CCC2C3C(CC[C@]12C)[C@@]1(C)CC[C@H](NCCCNCCCCN)C[C@@H]1C[C@H]3O. The Labute approximate surface area is 204 Å². The number of nitrogens with two attached hydrogens (primary N) is 1. The average Bonchev–Trinajstić information content (AvgIpc) is 3.14. The maximum absolute atomic E-state index is 11.5. The normalized spacial score (nSPS) is 45.0. The van der Waals surface area contributed by atoms with Gasteiger partial charge in [-0.1, -0.05) is 27.7 Å². The molecule has 192 valence electrons. The van der Waals surface area contributed by atoms with Crippen LogP contribution in [-0.4, -0.2) is 43.4 Å². The standard InChI is InChI=1S/C29H55N3O/c1-20(2)23-8-9-24-27-25(11-13-29(23,24)4)28(3)12-10-22(18-21(28)19-26(27)33)32-17-7-16-31-15-6-5-14-30/h20-27,31-33H,5-19,30H2,1-4H3/t21-,22+,23?,24?,25?,26-,27?,28+,29-/m1/s1. The van der Waals surface area contributed by atoms with E-state index in [2.05, 4.69) is 38.3 Å². The quantitative estimate of drug-likeness (QED) is 0.348. The molecule has 4 heteroatoms. The zero-order valence-electron chi connectivity index (χ0n) is 22.2. The number of nitrogens with one attached hydrogen (secondary N) is 2. The smallest absolute Gasteiger partial charge is 0.0577 e. The lowest BCUT2D eigenvalue weighted by molar-refractivity contribution is -0.166. The summed E-state index contributed by atoms with van der Waals surface area (Å²) < 4.78 is 0. The number of rotatable bonds is 10. The third-order valence-electron chi connectivity index (χ3n) is 11.3. The molecular formula is C29H55N3O. The molecule has 0 radical (unpaired) electrons. The zero-order chi connectivity index (χ0) is 23.6. The first-order valence-corrected chi connectivity index (χ1v) is 14.6. The van der Waals surface area contributed by atoms with Crippen LogP contribution in [0.5, 0.6) is 0 Å². The number of unbranched alkanes of at least 4 members (excludes halogenated alkanes) is 1. The van der Waals surface area contributed by atoms with E-state index >= 15 is 0 Å². The van der Waals surface area contributed by atoms with E-state index in [1.807, 2.05) is 0 Å². The molecule has 0 heterocycles. The van der Waals surface area contributed by atoms with Gasteiger partial charge in [-0.3, -0.25) is 0 Å². The van der Waals surface area contributed by atoms with Crippen molar-refractivity contribution in [2.75, 3.05) is 26.2 Å². The van der Waals surface area contributed by atoms with Crippen LogP contribution in [0.25, 0.3) is 0 Å². The highest BCUT2D eigenvalue weighted by Gasteiger charge is 2.62. The molecule has 4 nitrogen and oxygen atoms in total. The first-order chi connectivity index (χ1) is 15.8. The molecule has 4 rings (SSSR count). The molecular weight excluding hydrogens is 406 g/mol. The number of hydrogen-bond acceptors (Lipinski definition) is 4. The summed E-state index contributed by atoms with van der Waals surface area (Å²) in [5.41, 5.74) is 6.48. The predicted octanol–water partition coefficient (Wildman–Crippen LogP) is 4.95. The Balaban J connectivity index is 1.30. The van der Waals surface area contributed by atoms with Gasteiger partial charge in [0.1, 0.15) is 0 Å². The largest absolute Gasteiger partial charge is 0.393 e. The summed E-state index contributed by atoms with van der Waals surface area (Å²) in [6.45, 7) is 14.2. The summed E-state index contributed by atoms with van der Waals surface area (Å²) in [6, 6.07) is 0.648. The molecule has 0 saturated heterocycles. The maximum atomic E-state index is 11.5. The van der Waals surface area contributed by atoms with Gasteiger partial charge in [-0.05, 0) is 143 Å². The molecule has 0 spiro atoms. The molecule has 5 N–H and O–H groups in total. The van der Waals surface area contributed by atoms with Crippen molar-refractivity contribution in [2.24, 2.45) is 52.1 Å². The topological polar surface area (TPSA) is 70.3 Å². The number of hydrogen-bond donors (Lipinski definition) is 4. The van der Waals surface area contributed by atoms with Gasteiger partial charge in [0, 0.05) is 6.04 Å². The van der Waals surface area contributed by atoms with Crippen molar-refractivity contribution in [3.05, 3.63) is 0 Å². The molecule has 0 aromatic heterocycles. The molecule has 4 unspecified atom stereocenters. The minimum atomic E-state index is -0.0694. The van der Waals surface area contributed by atoms with Crippen molar-refractivity contribution in [3.63, 3.8) is 0 Å². The summed E-state index contributed by atoms with van der Waals surface area (Å²) in [4.78, 5) is 0. The highest BCUT2D eigenvalue weighted by atomic mass is 16.3. The minimum Gasteiger partial charge on any atom is -0.393 e. The van der Waals surface area contributed by atoms with Crippen LogP contribution in [0.15, 0.2) is 0 Å². The Bertz CT molecular complexity index is 626. The third kappa shape index (κ3) is 5.06. The fourth-order valence-electron chi connectivity index (χ4n) is 9.58. The van der Waals surface area contributed by atoms with Crippen molar-refractivity contribution in [2.45, 2.75) is 110 Å². The summed E-state index contributed by atoms with van der Waals surface area (Å²) >= 11 is 0. The van der Waals surface area contributed by atoms with Crippen LogP contribution in [0.3, 0.4) is 0 Å². The monoisotopic (exact) mass is 461 g/mol. The highest BCUT2D eigenvalue weighted by molar-refractivity contribution is 5.12. The van der Waals surface area contributed by atoms with Gasteiger partial charge in [0.2, 0.25) is 0 Å². The van der Waals surface area contributed by atoms with Crippen LogP contribution >= 0.6 is 0 Å². The van der Waals surface area contributed by atoms with Crippen LogP contribution in [-0.2, 0) is 0 Å². The van der Waals surface area contributed by atoms with Crippen molar-refractivity contribution in [1.29, 1.82) is 0 Å². The van der Waals surface area contributed by atoms with Gasteiger partial charge in [-0.15, -0.1) is 0 Å².